The molecular formula is C14H13N3OS2. The molecule has 0 fully saturated rings. The SMILES string of the molecule is Cc1nc(CSc2nc3ccccc3c(=O)[nH]2)sc1C. The molecule has 0 saturated carbocycles. The lowest BCUT2D eigenvalue weighted by Gasteiger charge is -2.01. The van der Waals surface area contributed by atoms with Crippen LogP contribution in [0.25, 0.3) is 10.9 Å². The second kappa shape index (κ2) is 5.38. The van der Waals surface area contributed by atoms with E-state index < -0.39 is 0 Å². The average Bonchev–Trinajstić information content (AvgIpc) is 2.76. The number of rotatable bonds is 3. The van der Waals surface area contributed by atoms with Crippen molar-refractivity contribution in [2.75, 3.05) is 0 Å². The molecule has 2 aromatic heterocycles. The van der Waals surface area contributed by atoms with Gasteiger partial charge in [-0.1, -0.05) is 23.9 Å². The molecule has 0 aliphatic heterocycles. The standard InChI is InChI=1S/C14H13N3OS2/c1-8-9(2)20-12(15-8)7-19-14-16-11-6-4-3-5-10(11)13(18)17-14/h3-6H,7H2,1-2H3,(H,16,17,18). The highest BCUT2D eigenvalue weighted by atomic mass is 32.2. The molecule has 20 heavy (non-hydrogen) atoms. The molecule has 0 unspecified atom stereocenters. The molecule has 6 heteroatoms. The lowest BCUT2D eigenvalue weighted by molar-refractivity contribution is 0.973. The van der Waals surface area contributed by atoms with Gasteiger partial charge in [0.05, 0.1) is 22.3 Å². The number of hydrogen-bond acceptors (Lipinski definition) is 5. The van der Waals surface area contributed by atoms with Gasteiger partial charge < -0.3 is 4.98 Å². The summed E-state index contributed by atoms with van der Waals surface area (Å²) in [6, 6.07) is 7.36. The fourth-order valence-corrected chi connectivity index (χ4v) is 3.66. The first-order valence-corrected chi connectivity index (χ1v) is 7.98. The Morgan fingerprint density at radius 1 is 1.25 bits per heavy atom. The van der Waals surface area contributed by atoms with E-state index in [1.54, 1.807) is 17.4 Å². The molecule has 4 nitrogen and oxygen atoms in total. The van der Waals surface area contributed by atoms with E-state index in [-0.39, 0.29) is 5.56 Å². The van der Waals surface area contributed by atoms with Crippen molar-refractivity contribution in [2.24, 2.45) is 0 Å². The number of benzene rings is 1. The van der Waals surface area contributed by atoms with E-state index in [0.717, 1.165) is 22.0 Å². The Morgan fingerprint density at radius 3 is 2.80 bits per heavy atom. The summed E-state index contributed by atoms with van der Waals surface area (Å²) in [4.78, 5) is 25.0. The van der Waals surface area contributed by atoms with Crippen LogP contribution in [0.15, 0.2) is 34.2 Å². The van der Waals surface area contributed by atoms with Crippen LogP contribution in [0, 0.1) is 13.8 Å². The van der Waals surface area contributed by atoms with Gasteiger partial charge in [-0.2, -0.15) is 0 Å². The minimum atomic E-state index is -0.0930. The van der Waals surface area contributed by atoms with Crippen molar-refractivity contribution in [1.29, 1.82) is 0 Å². The van der Waals surface area contributed by atoms with Crippen molar-refractivity contribution in [3.8, 4) is 0 Å². The minimum Gasteiger partial charge on any atom is -0.301 e. The summed E-state index contributed by atoms with van der Waals surface area (Å²) in [5.74, 6) is 0.723. The number of para-hydroxylation sites is 1. The molecule has 1 N–H and O–H groups in total. The summed E-state index contributed by atoms with van der Waals surface area (Å²) in [5.41, 5.74) is 1.71. The van der Waals surface area contributed by atoms with E-state index in [1.807, 2.05) is 25.1 Å². The quantitative estimate of drug-likeness (QED) is 0.596. The van der Waals surface area contributed by atoms with Crippen LogP contribution in [0.1, 0.15) is 15.6 Å². The highest BCUT2D eigenvalue weighted by Gasteiger charge is 2.07. The van der Waals surface area contributed by atoms with Gasteiger partial charge in [0.2, 0.25) is 0 Å². The normalized spacial score (nSPS) is 11.1. The fourth-order valence-electron chi connectivity index (χ4n) is 1.86. The molecule has 2 heterocycles. The summed E-state index contributed by atoms with van der Waals surface area (Å²) >= 11 is 3.20. The van der Waals surface area contributed by atoms with Crippen LogP contribution < -0.4 is 5.56 Å². The van der Waals surface area contributed by atoms with Crippen LogP contribution in [-0.4, -0.2) is 15.0 Å². The summed E-state index contributed by atoms with van der Waals surface area (Å²) in [5, 5.41) is 2.32. The largest absolute Gasteiger partial charge is 0.301 e. The Morgan fingerprint density at radius 2 is 2.05 bits per heavy atom. The molecule has 3 aromatic rings. The number of aromatic amines is 1. The van der Waals surface area contributed by atoms with Gasteiger partial charge in [0.25, 0.3) is 5.56 Å². The van der Waals surface area contributed by atoms with Gasteiger partial charge in [-0.3, -0.25) is 4.79 Å². The van der Waals surface area contributed by atoms with Gasteiger partial charge in [-0.15, -0.1) is 11.3 Å². The van der Waals surface area contributed by atoms with Crippen LogP contribution in [0.4, 0.5) is 0 Å². The van der Waals surface area contributed by atoms with Gasteiger partial charge in [0, 0.05) is 4.88 Å². The van der Waals surface area contributed by atoms with Gasteiger partial charge >= 0.3 is 0 Å². The van der Waals surface area contributed by atoms with Crippen molar-refractivity contribution in [1.82, 2.24) is 15.0 Å². The maximum Gasteiger partial charge on any atom is 0.259 e. The zero-order valence-electron chi connectivity index (χ0n) is 11.1. The van der Waals surface area contributed by atoms with Crippen LogP contribution >= 0.6 is 23.1 Å². The smallest absolute Gasteiger partial charge is 0.259 e. The predicted molar refractivity (Wildman–Crippen MR) is 83.5 cm³/mol. The third kappa shape index (κ3) is 2.62. The second-order valence-electron chi connectivity index (χ2n) is 4.43. The Balaban J connectivity index is 1.86. The highest BCUT2D eigenvalue weighted by Crippen LogP contribution is 2.24. The molecule has 0 atom stereocenters. The molecule has 0 saturated heterocycles. The van der Waals surface area contributed by atoms with Crippen molar-refractivity contribution in [3.63, 3.8) is 0 Å². The Bertz CT molecular complexity index is 803. The number of thiazole rings is 1. The first-order valence-electron chi connectivity index (χ1n) is 6.18. The minimum absolute atomic E-state index is 0.0930. The molecule has 0 aliphatic carbocycles. The van der Waals surface area contributed by atoms with E-state index in [1.165, 1.54) is 16.6 Å². The number of aromatic nitrogens is 3. The number of fused-ring (bicyclic) bond motifs is 1. The third-order valence-corrected chi connectivity index (χ3v) is 5.14. The number of hydrogen-bond donors (Lipinski definition) is 1. The number of nitrogens with zero attached hydrogens (tertiary/aromatic N) is 2. The van der Waals surface area contributed by atoms with E-state index >= 15 is 0 Å². The zero-order chi connectivity index (χ0) is 14.1. The molecule has 0 amide bonds. The molecule has 0 spiro atoms. The summed E-state index contributed by atoms with van der Waals surface area (Å²) in [6.07, 6.45) is 0. The van der Waals surface area contributed by atoms with Crippen molar-refractivity contribution in [2.45, 2.75) is 24.8 Å². The second-order valence-corrected chi connectivity index (χ2v) is 6.68. The topological polar surface area (TPSA) is 58.6 Å². The molecule has 102 valence electrons. The van der Waals surface area contributed by atoms with Crippen LogP contribution in [0.5, 0.6) is 0 Å². The molecule has 1 aromatic carbocycles. The first-order chi connectivity index (χ1) is 9.63. The fraction of sp³-hybridized carbons (Fsp3) is 0.214. The molecule has 0 aliphatic rings. The monoisotopic (exact) mass is 303 g/mol. The number of H-pyrrole nitrogens is 1. The van der Waals surface area contributed by atoms with E-state index in [0.29, 0.717) is 10.5 Å². The maximum atomic E-state index is 11.9. The summed E-state index contributed by atoms with van der Waals surface area (Å²) in [7, 11) is 0. The summed E-state index contributed by atoms with van der Waals surface area (Å²) < 4.78 is 0. The number of nitrogens with one attached hydrogen (secondary N) is 1. The predicted octanol–water partition coefficient (Wildman–Crippen LogP) is 3.29. The Kier molecular flexibility index (Phi) is 3.58. The van der Waals surface area contributed by atoms with Crippen LogP contribution in [0.3, 0.4) is 0 Å². The maximum absolute atomic E-state index is 11.9. The van der Waals surface area contributed by atoms with E-state index in [4.69, 9.17) is 0 Å². The lowest BCUT2D eigenvalue weighted by atomic mass is 10.2. The number of thioether (sulfide) groups is 1. The average molecular weight is 303 g/mol. The third-order valence-electron chi connectivity index (χ3n) is 3.00. The van der Waals surface area contributed by atoms with E-state index in [2.05, 4.69) is 21.9 Å². The van der Waals surface area contributed by atoms with Gasteiger partial charge in [0.1, 0.15) is 5.01 Å². The lowest BCUT2D eigenvalue weighted by Crippen LogP contribution is -2.08. The Hall–Kier alpha value is -1.66. The molecule has 0 radical (unpaired) electrons. The zero-order valence-corrected chi connectivity index (χ0v) is 12.8. The molecular weight excluding hydrogens is 290 g/mol. The van der Waals surface area contributed by atoms with Crippen LogP contribution in [-0.2, 0) is 5.75 Å². The van der Waals surface area contributed by atoms with Gasteiger partial charge in [-0.25, -0.2) is 9.97 Å². The van der Waals surface area contributed by atoms with Crippen molar-refractivity contribution >= 4 is 34.0 Å². The van der Waals surface area contributed by atoms with Gasteiger partial charge in [-0.05, 0) is 26.0 Å². The van der Waals surface area contributed by atoms with Crippen molar-refractivity contribution in [3.05, 3.63) is 50.2 Å². The molecule has 0 bridgehead atoms. The van der Waals surface area contributed by atoms with Crippen LogP contribution in [0.2, 0.25) is 0 Å². The Labute approximate surface area is 124 Å². The van der Waals surface area contributed by atoms with E-state index in [9.17, 15) is 4.79 Å². The van der Waals surface area contributed by atoms with Crippen molar-refractivity contribution < 1.29 is 0 Å². The highest BCUT2D eigenvalue weighted by molar-refractivity contribution is 7.98. The summed E-state index contributed by atoms with van der Waals surface area (Å²) in [6.45, 7) is 4.08. The number of aryl methyl sites for hydroxylation is 2. The van der Waals surface area contributed by atoms with Gasteiger partial charge in [0.15, 0.2) is 5.16 Å². The first kappa shape index (κ1) is 13.3. The molecule has 3 rings (SSSR count).